The van der Waals surface area contributed by atoms with Crippen molar-refractivity contribution in [3.05, 3.63) is 70.0 Å². The van der Waals surface area contributed by atoms with E-state index in [1.807, 2.05) is 49.7 Å². The van der Waals surface area contributed by atoms with E-state index in [1.54, 1.807) is 18.2 Å². The van der Waals surface area contributed by atoms with E-state index in [2.05, 4.69) is 5.10 Å². The van der Waals surface area contributed by atoms with Crippen LogP contribution in [0.4, 0.5) is 10.5 Å². The molecule has 9 heteroatoms. The van der Waals surface area contributed by atoms with E-state index in [-0.39, 0.29) is 6.61 Å². The van der Waals surface area contributed by atoms with Crippen LogP contribution in [-0.4, -0.2) is 27.9 Å². The fourth-order valence-electron chi connectivity index (χ4n) is 3.16. The third kappa shape index (κ3) is 4.40. The number of aryl methyl sites for hydroxylation is 3. The standard InChI is InChI=1S/C21H25ClN6O2/c1-13-10-16(28-15(3)11-14(2)25-28)8-9-20(13)30-12-17-18(22)6-5-7-19(17)27(24)21(29)26(4)23/h5-11H,12,23-24H2,1-4H3. The molecular weight excluding hydrogens is 404 g/mol. The molecule has 0 aliphatic heterocycles. The number of carbonyl (C=O) groups is 1. The number of hydrazine groups is 2. The van der Waals surface area contributed by atoms with Crippen LogP contribution in [0.5, 0.6) is 5.75 Å². The molecule has 0 unspecified atom stereocenters. The zero-order chi connectivity index (χ0) is 22.0. The van der Waals surface area contributed by atoms with Gasteiger partial charge in [0, 0.05) is 23.3 Å². The van der Waals surface area contributed by atoms with E-state index >= 15 is 0 Å². The molecule has 3 rings (SSSR count). The number of urea groups is 1. The fourth-order valence-corrected chi connectivity index (χ4v) is 3.38. The van der Waals surface area contributed by atoms with Gasteiger partial charge in [-0.25, -0.2) is 26.2 Å². The maximum atomic E-state index is 12.1. The molecule has 0 saturated carbocycles. The molecule has 1 aromatic heterocycles. The lowest BCUT2D eigenvalue weighted by atomic mass is 10.1. The van der Waals surface area contributed by atoms with Crippen LogP contribution in [0, 0.1) is 20.8 Å². The van der Waals surface area contributed by atoms with Crippen molar-refractivity contribution in [3.8, 4) is 11.4 Å². The normalized spacial score (nSPS) is 10.8. The highest BCUT2D eigenvalue weighted by atomic mass is 35.5. The highest BCUT2D eigenvalue weighted by Crippen LogP contribution is 2.29. The first-order valence-corrected chi connectivity index (χ1v) is 9.68. The van der Waals surface area contributed by atoms with Gasteiger partial charge >= 0.3 is 6.03 Å². The Morgan fingerprint density at radius 1 is 1.17 bits per heavy atom. The van der Waals surface area contributed by atoms with Crippen LogP contribution in [0.15, 0.2) is 42.5 Å². The molecule has 2 aromatic carbocycles. The maximum Gasteiger partial charge on any atom is 0.352 e. The van der Waals surface area contributed by atoms with Gasteiger partial charge in [-0.05, 0) is 62.7 Å². The molecule has 158 valence electrons. The maximum absolute atomic E-state index is 12.1. The molecule has 0 aliphatic carbocycles. The van der Waals surface area contributed by atoms with E-state index in [0.717, 1.165) is 32.7 Å². The topological polar surface area (TPSA) is 103 Å². The Morgan fingerprint density at radius 2 is 1.90 bits per heavy atom. The molecule has 0 aliphatic rings. The summed E-state index contributed by atoms with van der Waals surface area (Å²) in [5.41, 5.74) is 4.91. The first-order chi connectivity index (χ1) is 14.2. The summed E-state index contributed by atoms with van der Waals surface area (Å²) in [7, 11) is 1.41. The van der Waals surface area contributed by atoms with E-state index < -0.39 is 6.03 Å². The van der Waals surface area contributed by atoms with Crippen molar-refractivity contribution in [2.45, 2.75) is 27.4 Å². The van der Waals surface area contributed by atoms with Crippen LogP contribution in [0.3, 0.4) is 0 Å². The summed E-state index contributed by atoms with van der Waals surface area (Å²) >= 11 is 6.36. The van der Waals surface area contributed by atoms with Gasteiger partial charge in [-0.2, -0.15) is 5.10 Å². The second-order valence-electron chi connectivity index (χ2n) is 7.08. The number of ether oxygens (including phenoxy) is 1. The molecule has 0 saturated heterocycles. The molecule has 1 heterocycles. The lowest BCUT2D eigenvalue weighted by molar-refractivity contribution is 0.216. The highest BCUT2D eigenvalue weighted by Gasteiger charge is 2.20. The van der Waals surface area contributed by atoms with Gasteiger partial charge < -0.3 is 4.74 Å². The fraction of sp³-hybridized carbons (Fsp3) is 0.238. The predicted molar refractivity (Wildman–Crippen MR) is 118 cm³/mol. The Morgan fingerprint density at radius 3 is 2.50 bits per heavy atom. The summed E-state index contributed by atoms with van der Waals surface area (Å²) in [6, 6.07) is 12.4. The smallest absolute Gasteiger partial charge is 0.352 e. The van der Waals surface area contributed by atoms with Crippen LogP contribution in [0.1, 0.15) is 22.5 Å². The molecule has 30 heavy (non-hydrogen) atoms. The van der Waals surface area contributed by atoms with E-state index in [1.165, 1.54) is 7.05 Å². The van der Waals surface area contributed by atoms with Crippen molar-refractivity contribution < 1.29 is 9.53 Å². The number of benzene rings is 2. The van der Waals surface area contributed by atoms with E-state index in [9.17, 15) is 4.79 Å². The number of aromatic nitrogens is 2. The Hall–Kier alpha value is -3.07. The Kier molecular flexibility index (Phi) is 6.31. The average Bonchev–Trinajstić information content (AvgIpc) is 3.04. The summed E-state index contributed by atoms with van der Waals surface area (Å²) in [5, 5.41) is 6.79. The SMILES string of the molecule is Cc1cc(C)n(-c2ccc(OCc3c(Cl)cccc3N(N)C(=O)N(C)N)c(C)c2)n1. The number of hydrogen-bond acceptors (Lipinski definition) is 5. The molecule has 4 N–H and O–H groups in total. The molecule has 2 amide bonds. The number of anilines is 1. The monoisotopic (exact) mass is 428 g/mol. The molecule has 0 atom stereocenters. The summed E-state index contributed by atoms with van der Waals surface area (Å²) in [5.74, 6) is 12.2. The first kappa shape index (κ1) is 21.6. The van der Waals surface area contributed by atoms with Gasteiger partial charge in [0.15, 0.2) is 0 Å². The van der Waals surface area contributed by atoms with Gasteiger partial charge in [0.2, 0.25) is 0 Å². The molecule has 8 nitrogen and oxygen atoms in total. The number of nitrogens with two attached hydrogens (primary N) is 2. The zero-order valence-corrected chi connectivity index (χ0v) is 18.1. The van der Waals surface area contributed by atoms with Crippen LogP contribution < -0.4 is 21.4 Å². The minimum Gasteiger partial charge on any atom is -0.488 e. The van der Waals surface area contributed by atoms with Crippen LogP contribution in [0.2, 0.25) is 5.02 Å². The van der Waals surface area contributed by atoms with Crippen LogP contribution in [-0.2, 0) is 6.61 Å². The van der Waals surface area contributed by atoms with E-state index in [0.29, 0.717) is 22.0 Å². The van der Waals surface area contributed by atoms with Crippen LogP contribution >= 0.6 is 11.6 Å². The number of nitrogens with zero attached hydrogens (tertiary/aromatic N) is 4. The van der Waals surface area contributed by atoms with Gasteiger partial charge in [0.1, 0.15) is 12.4 Å². The van der Waals surface area contributed by atoms with Crippen molar-refractivity contribution in [1.29, 1.82) is 0 Å². The third-order valence-electron chi connectivity index (χ3n) is 4.65. The number of halogens is 1. The van der Waals surface area contributed by atoms with Gasteiger partial charge in [0.05, 0.1) is 17.1 Å². The number of carbonyl (C=O) groups excluding carboxylic acids is 1. The summed E-state index contributed by atoms with van der Waals surface area (Å²) in [6.45, 7) is 6.06. The van der Waals surface area contributed by atoms with Gasteiger partial charge in [-0.1, -0.05) is 17.7 Å². The van der Waals surface area contributed by atoms with Crippen LogP contribution in [0.25, 0.3) is 5.69 Å². The summed E-state index contributed by atoms with van der Waals surface area (Å²) < 4.78 is 7.90. The molecule has 0 fully saturated rings. The number of hydrogen-bond donors (Lipinski definition) is 2. The Bertz CT molecular complexity index is 1080. The molecule has 0 spiro atoms. The predicted octanol–water partition coefficient (Wildman–Crippen LogP) is 3.64. The van der Waals surface area contributed by atoms with Gasteiger partial charge in [-0.15, -0.1) is 0 Å². The number of amides is 2. The summed E-state index contributed by atoms with van der Waals surface area (Å²) in [4.78, 5) is 12.1. The molecule has 0 radical (unpaired) electrons. The van der Waals surface area contributed by atoms with E-state index in [4.69, 9.17) is 28.0 Å². The Balaban J connectivity index is 1.84. The zero-order valence-electron chi connectivity index (χ0n) is 17.4. The third-order valence-corrected chi connectivity index (χ3v) is 5.00. The van der Waals surface area contributed by atoms with Crippen molar-refractivity contribution in [2.24, 2.45) is 11.7 Å². The number of rotatable bonds is 5. The van der Waals surface area contributed by atoms with Crippen molar-refractivity contribution in [1.82, 2.24) is 14.8 Å². The second-order valence-corrected chi connectivity index (χ2v) is 7.49. The minimum atomic E-state index is -0.580. The largest absolute Gasteiger partial charge is 0.488 e. The quantitative estimate of drug-likeness (QED) is 0.367. The lowest BCUT2D eigenvalue weighted by Gasteiger charge is -2.24. The average molecular weight is 429 g/mol. The lowest BCUT2D eigenvalue weighted by Crippen LogP contribution is -2.49. The van der Waals surface area contributed by atoms with Crippen molar-refractivity contribution in [3.63, 3.8) is 0 Å². The minimum absolute atomic E-state index is 0.129. The molecule has 3 aromatic rings. The second kappa shape index (κ2) is 8.74. The van der Waals surface area contributed by atoms with Gasteiger partial charge in [-0.3, -0.25) is 5.01 Å². The summed E-state index contributed by atoms with van der Waals surface area (Å²) in [6.07, 6.45) is 0. The van der Waals surface area contributed by atoms with Gasteiger partial charge in [0.25, 0.3) is 0 Å². The molecule has 0 bridgehead atoms. The molecular formula is C21H25ClN6O2. The van der Waals surface area contributed by atoms with Crippen molar-refractivity contribution >= 4 is 23.3 Å². The first-order valence-electron chi connectivity index (χ1n) is 9.30. The van der Waals surface area contributed by atoms with Crippen molar-refractivity contribution in [2.75, 3.05) is 12.1 Å². The Labute approximate surface area is 180 Å². The highest BCUT2D eigenvalue weighted by molar-refractivity contribution is 6.31.